The number of hydrogen-bond donors (Lipinski definition) is 0. The van der Waals surface area contributed by atoms with Gasteiger partial charge in [0, 0.05) is 27.8 Å². The van der Waals surface area contributed by atoms with Crippen molar-refractivity contribution in [3.05, 3.63) is 212 Å². The molecule has 0 spiro atoms. The molecule has 0 saturated carbocycles. The number of aromatic nitrogens is 3. The van der Waals surface area contributed by atoms with Crippen LogP contribution in [-0.4, -0.2) is 15.0 Å². The molecule has 0 atom stereocenters. The second-order valence-electron chi connectivity index (χ2n) is 14.1. The van der Waals surface area contributed by atoms with E-state index in [0.717, 1.165) is 67.3 Å². The van der Waals surface area contributed by atoms with Gasteiger partial charge in [-0.05, 0) is 74.1 Å². The van der Waals surface area contributed by atoms with E-state index < -0.39 is 0 Å². The van der Waals surface area contributed by atoms with Crippen LogP contribution in [-0.2, 0) is 0 Å². The zero-order chi connectivity index (χ0) is 37.3. The lowest BCUT2D eigenvalue weighted by atomic mass is 9.96. The predicted molar refractivity (Wildman–Crippen MR) is 233 cm³/mol. The molecular formula is C53H35N3. The van der Waals surface area contributed by atoms with Crippen LogP contribution in [0.1, 0.15) is 0 Å². The maximum atomic E-state index is 5.26. The van der Waals surface area contributed by atoms with Crippen molar-refractivity contribution in [3.63, 3.8) is 0 Å². The first-order chi connectivity index (χ1) is 27.7. The predicted octanol–water partition coefficient (Wildman–Crippen LogP) is 13.8. The summed E-state index contributed by atoms with van der Waals surface area (Å²) in [6, 6.07) is 74.6. The van der Waals surface area contributed by atoms with Crippen LogP contribution in [0.5, 0.6) is 0 Å². The summed E-state index contributed by atoms with van der Waals surface area (Å²) in [5, 5.41) is 4.87. The highest BCUT2D eigenvalue weighted by Crippen LogP contribution is 2.35. The molecule has 10 rings (SSSR count). The zero-order valence-corrected chi connectivity index (χ0v) is 30.5. The molecule has 0 unspecified atom stereocenters. The number of nitrogens with zero attached hydrogens (tertiary/aromatic N) is 3. The molecule has 3 nitrogen and oxygen atoms in total. The van der Waals surface area contributed by atoms with Gasteiger partial charge in [0.15, 0.2) is 5.82 Å². The van der Waals surface area contributed by atoms with E-state index in [1.165, 1.54) is 27.1 Å². The maximum Gasteiger partial charge on any atom is 0.160 e. The van der Waals surface area contributed by atoms with E-state index >= 15 is 0 Å². The molecule has 0 amide bonds. The minimum absolute atomic E-state index is 0.701. The highest BCUT2D eigenvalue weighted by molar-refractivity contribution is 5.90. The smallest absolute Gasteiger partial charge is 0.160 e. The SMILES string of the molecule is c1ccc(-c2cc(-c3ccccc3)nc(-c3ccc(-c4ccc(-c5cc(-c6ccc7ccccc7c6)cc(-c6ccc7ccccc7c6)n5)cc4)cc3)n2)cc1. The molecule has 2 heterocycles. The van der Waals surface area contributed by atoms with E-state index in [0.29, 0.717) is 5.82 Å². The number of rotatable bonds is 7. The molecule has 0 N–H and O–H groups in total. The molecule has 262 valence electrons. The highest BCUT2D eigenvalue weighted by atomic mass is 14.9. The lowest BCUT2D eigenvalue weighted by molar-refractivity contribution is 1.18. The van der Waals surface area contributed by atoms with Crippen molar-refractivity contribution in [2.75, 3.05) is 0 Å². The number of pyridine rings is 1. The van der Waals surface area contributed by atoms with Gasteiger partial charge in [0.2, 0.25) is 0 Å². The Morgan fingerprint density at radius 2 is 0.571 bits per heavy atom. The Labute approximate surface area is 326 Å². The highest BCUT2D eigenvalue weighted by Gasteiger charge is 2.13. The molecule has 10 aromatic rings. The minimum atomic E-state index is 0.701. The van der Waals surface area contributed by atoms with Crippen molar-refractivity contribution in [3.8, 4) is 78.7 Å². The molecule has 0 bridgehead atoms. The van der Waals surface area contributed by atoms with Crippen molar-refractivity contribution in [2.45, 2.75) is 0 Å². The zero-order valence-electron chi connectivity index (χ0n) is 30.5. The first-order valence-electron chi connectivity index (χ1n) is 18.9. The first kappa shape index (κ1) is 33.1. The molecule has 0 saturated heterocycles. The monoisotopic (exact) mass is 713 g/mol. The lowest BCUT2D eigenvalue weighted by Crippen LogP contribution is -1.96. The minimum Gasteiger partial charge on any atom is -0.248 e. The summed E-state index contributed by atoms with van der Waals surface area (Å²) in [6.07, 6.45) is 0. The van der Waals surface area contributed by atoms with E-state index in [-0.39, 0.29) is 0 Å². The van der Waals surface area contributed by atoms with Crippen LogP contribution < -0.4 is 0 Å². The normalized spacial score (nSPS) is 11.2. The van der Waals surface area contributed by atoms with E-state index in [1.54, 1.807) is 0 Å². The molecule has 0 fully saturated rings. The van der Waals surface area contributed by atoms with E-state index in [2.05, 4.69) is 176 Å². The Kier molecular flexibility index (Phi) is 8.51. The summed E-state index contributed by atoms with van der Waals surface area (Å²) < 4.78 is 0. The van der Waals surface area contributed by atoms with Crippen molar-refractivity contribution in [1.29, 1.82) is 0 Å². The largest absolute Gasteiger partial charge is 0.248 e. The second kappa shape index (κ2) is 14.4. The van der Waals surface area contributed by atoms with Crippen LogP contribution in [0, 0.1) is 0 Å². The number of fused-ring (bicyclic) bond motifs is 2. The third kappa shape index (κ3) is 6.63. The molecule has 3 heteroatoms. The van der Waals surface area contributed by atoms with Crippen LogP contribution in [0.15, 0.2) is 212 Å². The Bertz CT molecular complexity index is 2840. The van der Waals surface area contributed by atoms with Crippen LogP contribution in [0.4, 0.5) is 0 Å². The van der Waals surface area contributed by atoms with Crippen molar-refractivity contribution < 1.29 is 0 Å². The van der Waals surface area contributed by atoms with Crippen LogP contribution in [0.3, 0.4) is 0 Å². The molecule has 56 heavy (non-hydrogen) atoms. The van der Waals surface area contributed by atoms with Gasteiger partial charge in [-0.25, -0.2) is 15.0 Å². The van der Waals surface area contributed by atoms with E-state index in [4.69, 9.17) is 15.0 Å². The van der Waals surface area contributed by atoms with E-state index in [1.807, 2.05) is 36.4 Å². The number of benzene rings is 8. The van der Waals surface area contributed by atoms with Crippen molar-refractivity contribution >= 4 is 21.5 Å². The molecule has 0 radical (unpaired) electrons. The van der Waals surface area contributed by atoms with Gasteiger partial charge in [0.1, 0.15) is 0 Å². The van der Waals surface area contributed by atoms with Gasteiger partial charge in [-0.2, -0.15) is 0 Å². The topological polar surface area (TPSA) is 38.7 Å². The molecule has 2 aromatic heterocycles. The molecule has 0 aliphatic heterocycles. The summed E-state index contributed by atoms with van der Waals surface area (Å²) in [7, 11) is 0. The Morgan fingerprint density at radius 1 is 0.196 bits per heavy atom. The quantitative estimate of drug-likeness (QED) is 0.165. The van der Waals surface area contributed by atoms with Crippen LogP contribution in [0.2, 0.25) is 0 Å². The molecular weight excluding hydrogens is 679 g/mol. The average molecular weight is 714 g/mol. The number of hydrogen-bond acceptors (Lipinski definition) is 3. The van der Waals surface area contributed by atoms with Crippen LogP contribution >= 0.6 is 0 Å². The van der Waals surface area contributed by atoms with Gasteiger partial charge in [-0.15, -0.1) is 0 Å². The lowest BCUT2D eigenvalue weighted by Gasteiger charge is -2.12. The fraction of sp³-hybridized carbons (Fsp3) is 0. The van der Waals surface area contributed by atoms with Crippen molar-refractivity contribution in [2.24, 2.45) is 0 Å². The Hall–Kier alpha value is -7.49. The fourth-order valence-electron chi connectivity index (χ4n) is 7.45. The summed E-state index contributed by atoms with van der Waals surface area (Å²) >= 11 is 0. The first-order valence-corrected chi connectivity index (χ1v) is 18.9. The summed E-state index contributed by atoms with van der Waals surface area (Å²) in [5.41, 5.74) is 13.5. The van der Waals surface area contributed by atoms with Gasteiger partial charge in [-0.3, -0.25) is 0 Å². The molecule has 0 aliphatic rings. The third-order valence-electron chi connectivity index (χ3n) is 10.5. The van der Waals surface area contributed by atoms with Gasteiger partial charge >= 0.3 is 0 Å². The molecule has 8 aromatic carbocycles. The summed E-state index contributed by atoms with van der Waals surface area (Å²) in [4.78, 5) is 15.3. The van der Waals surface area contributed by atoms with Gasteiger partial charge < -0.3 is 0 Å². The Balaban J connectivity index is 0.994. The third-order valence-corrected chi connectivity index (χ3v) is 10.5. The standard InChI is InChI=1S/C53H35N3/c1-3-13-40(14-4-1)51-35-52(41-15-5-2-6-16-41)56-53(55-51)43-27-21-39(22-28-43)38-19-25-42(26-20-38)49-33-48(46-29-23-36-11-7-9-17-44(36)31-46)34-50(54-49)47-30-24-37-12-8-10-18-45(37)32-47/h1-35H. The van der Waals surface area contributed by atoms with Crippen molar-refractivity contribution in [1.82, 2.24) is 15.0 Å². The van der Waals surface area contributed by atoms with Gasteiger partial charge in [0.25, 0.3) is 0 Å². The van der Waals surface area contributed by atoms with Gasteiger partial charge in [0.05, 0.1) is 22.8 Å². The van der Waals surface area contributed by atoms with E-state index in [9.17, 15) is 0 Å². The van der Waals surface area contributed by atoms with Crippen LogP contribution in [0.25, 0.3) is 100 Å². The summed E-state index contributed by atoms with van der Waals surface area (Å²) in [6.45, 7) is 0. The van der Waals surface area contributed by atoms with Gasteiger partial charge in [-0.1, -0.05) is 182 Å². The molecule has 0 aliphatic carbocycles. The fourth-order valence-corrected chi connectivity index (χ4v) is 7.45. The maximum absolute atomic E-state index is 5.26. The average Bonchev–Trinajstić information content (AvgIpc) is 3.29. The Morgan fingerprint density at radius 3 is 1.12 bits per heavy atom. The second-order valence-corrected chi connectivity index (χ2v) is 14.1. The summed E-state index contributed by atoms with van der Waals surface area (Å²) in [5.74, 6) is 0.701.